The summed E-state index contributed by atoms with van der Waals surface area (Å²) in [7, 11) is 0. The normalized spacial score (nSPS) is 13.9. The number of piperazine rings is 1. The van der Waals surface area contributed by atoms with Crippen LogP contribution in [-0.4, -0.2) is 54.5 Å². The van der Waals surface area contributed by atoms with Gasteiger partial charge in [0.05, 0.1) is 17.1 Å². The minimum Gasteiger partial charge on any atom is -0.462 e. The maximum atomic E-state index is 12.6. The molecule has 3 rings (SSSR count). The van der Waals surface area contributed by atoms with Crippen LogP contribution in [0.2, 0.25) is 5.02 Å². The van der Waals surface area contributed by atoms with E-state index in [1.54, 1.807) is 42.2 Å². The Kier molecular flexibility index (Phi) is 6.33. The molecule has 1 aliphatic heterocycles. The number of hydrogen-bond acceptors (Lipinski definition) is 6. The Labute approximate surface area is 172 Å². The van der Waals surface area contributed by atoms with Gasteiger partial charge in [-0.1, -0.05) is 17.7 Å². The number of halogens is 1. The van der Waals surface area contributed by atoms with Crippen molar-refractivity contribution in [2.24, 2.45) is 0 Å². The van der Waals surface area contributed by atoms with Crippen LogP contribution in [0.5, 0.6) is 0 Å². The van der Waals surface area contributed by atoms with E-state index < -0.39 is 10.9 Å². The topological polar surface area (TPSA) is 93.0 Å². The number of hydrogen-bond donors (Lipinski definition) is 0. The number of nitro benzene ring substituents is 1. The van der Waals surface area contributed by atoms with E-state index in [4.69, 9.17) is 16.3 Å². The van der Waals surface area contributed by atoms with Gasteiger partial charge in [-0.05, 0) is 37.3 Å². The molecule has 0 bridgehead atoms. The van der Waals surface area contributed by atoms with E-state index in [2.05, 4.69) is 0 Å². The molecular weight excluding hydrogens is 398 g/mol. The number of nitro groups is 1. The summed E-state index contributed by atoms with van der Waals surface area (Å²) in [5.74, 6) is -0.724. The van der Waals surface area contributed by atoms with Gasteiger partial charge in [-0.15, -0.1) is 0 Å². The number of esters is 1. The van der Waals surface area contributed by atoms with Crippen molar-refractivity contribution in [1.29, 1.82) is 0 Å². The quantitative estimate of drug-likeness (QED) is 0.420. The van der Waals surface area contributed by atoms with Crippen LogP contribution in [0, 0.1) is 10.1 Å². The average molecular weight is 418 g/mol. The van der Waals surface area contributed by atoms with Gasteiger partial charge in [0.2, 0.25) is 0 Å². The van der Waals surface area contributed by atoms with Crippen LogP contribution in [-0.2, 0) is 4.74 Å². The second-order valence-corrected chi connectivity index (χ2v) is 6.91. The Balaban J connectivity index is 1.74. The van der Waals surface area contributed by atoms with Gasteiger partial charge in [-0.3, -0.25) is 14.9 Å². The lowest BCUT2D eigenvalue weighted by atomic mass is 10.1. The summed E-state index contributed by atoms with van der Waals surface area (Å²) in [5, 5.41) is 12.0. The fourth-order valence-corrected chi connectivity index (χ4v) is 3.42. The van der Waals surface area contributed by atoms with Crippen LogP contribution in [0.1, 0.15) is 27.6 Å². The fourth-order valence-electron chi connectivity index (χ4n) is 3.23. The van der Waals surface area contributed by atoms with Crippen molar-refractivity contribution < 1.29 is 19.2 Å². The monoisotopic (exact) mass is 417 g/mol. The van der Waals surface area contributed by atoms with E-state index in [1.807, 2.05) is 4.90 Å². The SMILES string of the molecule is CCOC(=O)c1ccc(N2CCN(C(=O)c3cccc(Cl)c3)CC2)c([N+](=O)[O-])c1. The lowest BCUT2D eigenvalue weighted by Crippen LogP contribution is -2.49. The van der Waals surface area contributed by atoms with Gasteiger partial charge in [0.1, 0.15) is 5.69 Å². The zero-order valence-corrected chi connectivity index (χ0v) is 16.6. The predicted octanol–water partition coefficient (Wildman–Crippen LogP) is 3.39. The molecule has 2 aromatic rings. The van der Waals surface area contributed by atoms with Crippen molar-refractivity contribution >= 4 is 34.9 Å². The highest BCUT2D eigenvalue weighted by Gasteiger charge is 2.27. The minimum absolute atomic E-state index is 0.126. The Morgan fingerprint density at radius 2 is 1.83 bits per heavy atom. The van der Waals surface area contributed by atoms with Gasteiger partial charge in [-0.25, -0.2) is 4.79 Å². The van der Waals surface area contributed by atoms with E-state index in [9.17, 15) is 19.7 Å². The van der Waals surface area contributed by atoms with Crippen molar-refractivity contribution in [3.63, 3.8) is 0 Å². The summed E-state index contributed by atoms with van der Waals surface area (Å²) < 4.78 is 4.91. The summed E-state index contributed by atoms with van der Waals surface area (Å²) in [6.45, 7) is 3.57. The Morgan fingerprint density at radius 1 is 1.10 bits per heavy atom. The number of carbonyl (C=O) groups excluding carboxylic acids is 2. The minimum atomic E-state index is -0.598. The van der Waals surface area contributed by atoms with Crippen LogP contribution in [0.15, 0.2) is 42.5 Å². The third-order valence-corrected chi connectivity index (χ3v) is 4.90. The zero-order valence-electron chi connectivity index (χ0n) is 15.8. The molecule has 0 aromatic heterocycles. The molecule has 152 valence electrons. The van der Waals surface area contributed by atoms with Crippen LogP contribution < -0.4 is 4.90 Å². The molecule has 1 heterocycles. The van der Waals surface area contributed by atoms with E-state index >= 15 is 0 Å². The van der Waals surface area contributed by atoms with Crippen LogP contribution in [0.25, 0.3) is 0 Å². The molecule has 29 heavy (non-hydrogen) atoms. The van der Waals surface area contributed by atoms with Crippen LogP contribution in [0.3, 0.4) is 0 Å². The Hall–Kier alpha value is -3.13. The predicted molar refractivity (Wildman–Crippen MR) is 109 cm³/mol. The third kappa shape index (κ3) is 4.65. The standard InChI is InChI=1S/C20H20ClN3O5/c1-2-29-20(26)15-6-7-17(18(13-15)24(27)28)22-8-10-23(11-9-22)19(25)14-4-3-5-16(21)12-14/h3-7,12-13H,2,8-11H2,1H3. The Morgan fingerprint density at radius 3 is 2.45 bits per heavy atom. The van der Waals surface area contributed by atoms with Crippen molar-refractivity contribution in [3.8, 4) is 0 Å². The molecule has 0 unspecified atom stereocenters. The van der Waals surface area contributed by atoms with Gasteiger partial charge in [0, 0.05) is 42.8 Å². The molecule has 0 atom stereocenters. The van der Waals surface area contributed by atoms with E-state index in [0.717, 1.165) is 0 Å². The van der Waals surface area contributed by atoms with Crippen LogP contribution in [0.4, 0.5) is 11.4 Å². The van der Waals surface area contributed by atoms with Gasteiger partial charge >= 0.3 is 5.97 Å². The molecule has 9 heteroatoms. The van der Waals surface area contributed by atoms with E-state index in [1.165, 1.54) is 12.1 Å². The average Bonchev–Trinajstić information content (AvgIpc) is 2.73. The zero-order chi connectivity index (χ0) is 21.0. The van der Waals surface area contributed by atoms with E-state index in [0.29, 0.717) is 42.5 Å². The van der Waals surface area contributed by atoms with Crippen molar-refractivity contribution in [2.75, 3.05) is 37.7 Å². The summed E-state index contributed by atoms with van der Waals surface area (Å²) >= 11 is 5.96. The number of nitrogens with zero attached hydrogens (tertiary/aromatic N) is 3. The fraction of sp³-hybridized carbons (Fsp3) is 0.300. The second-order valence-electron chi connectivity index (χ2n) is 6.47. The first-order valence-electron chi connectivity index (χ1n) is 9.16. The maximum absolute atomic E-state index is 12.6. The van der Waals surface area contributed by atoms with Gasteiger partial charge in [0.25, 0.3) is 11.6 Å². The molecule has 2 aromatic carbocycles. The van der Waals surface area contributed by atoms with Gasteiger partial charge < -0.3 is 14.5 Å². The molecule has 0 saturated carbocycles. The maximum Gasteiger partial charge on any atom is 0.338 e. The summed E-state index contributed by atoms with van der Waals surface area (Å²) in [4.78, 5) is 39.1. The van der Waals surface area contributed by atoms with Crippen LogP contribution >= 0.6 is 11.6 Å². The highest BCUT2D eigenvalue weighted by Crippen LogP contribution is 2.30. The first-order valence-corrected chi connectivity index (χ1v) is 9.54. The number of benzene rings is 2. The molecule has 0 spiro atoms. The highest BCUT2D eigenvalue weighted by atomic mass is 35.5. The number of ether oxygens (including phenoxy) is 1. The number of anilines is 1. The largest absolute Gasteiger partial charge is 0.462 e. The molecule has 1 fully saturated rings. The Bertz CT molecular complexity index is 941. The molecule has 1 saturated heterocycles. The number of amides is 1. The van der Waals surface area contributed by atoms with Crippen molar-refractivity contribution in [3.05, 3.63) is 68.7 Å². The summed E-state index contributed by atoms with van der Waals surface area (Å²) in [6.07, 6.45) is 0. The molecule has 0 radical (unpaired) electrons. The summed E-state index contributed by atoms with van der Waals surface area (Å²) in [5.41, 5.74) is 0.899. The number of carbonyl (C=O) groups is 2. The lowest BCUT2D eigenvalue weighted by Gasteiger charge is -2.35. The molecule has 8 nitrogen and oxygen atoms in total. The molecule has 0 aliphatic carbocycles. The third-order valence-electron chi connectivity index (χ3n) is 4.66. The first kappa shape index (κ1) is 20.6. The molecular formula is C20H20ClN3O5. The second kappa shape index (κ2) is 8.91. The van der Waals surface area contributed by atoms with Crippen molar-refractivity contribution in [2.45, 2.75) is 6.92 Å². The van der Waals surface area contributed by atoms with Crippen molar-refractivity contribution in [1.82, 2.24) is 4.90 Å². The van der Waals surface area contributed by atoms with Gasteiger partial charge in [-0.2, -0.15) is 0 Å². The molecule has 0 N–H and O–H groups in total. The molecule has 1 aliphatic rings. The summed E-state index contributed by atoms with van der Waals surface area (Å²) in [6, 6.07) is 11.1. The first-order chi connectivity index (χ1) is 13.9. The number of rotatable bonds is 5. The van der Waals surface area contributed by atoms with Gasteiger partial charge in [0.15, 0.2) is 0 Å². The lowest BCUT2D eigenvalue weighted by molar-refractivity contribution is -0.384. The molecule has 1 amide bonds. The highest BCUT2D eigenvalue weighted by molar-refractivity contribution is 6.30. The van der Waals surface area contributed by atoms with E-state index in [-0.39, 0.29) is 23.8 Å². The smallest absolute Gasteiger partial charge is 0.338 e.